The number of aromatic nitrogens is 2. The number of piperidine rings is 1. The zero-order chi connectivity index (χ0) is 20.1. The molecule has 7 nitrogen and oxygen atoms in total. The van der Waals surface area contributed by atoms with Gasteiger partial charge in [-0.25, -0.2) is 0 Å². The van der Waals surface area contributed by atoms with Crippen LogP contribution in [0.2, 0.25) is 0 Å². The lowest BCUT2D eigenvalue weighted by Gasteiger charge is -2.42. The van der Waals surface area contributed by atoms with E-state index in [1.54, 1.807) is 17.8 Å². The Balaban J connectivity index is 0.00000392. The maximum absolute atomic E-state index is 10.8. The molecule has 0 spiro atoms. The van der Waals surface area contributed by atoms with Crippen LogP contribution < -0.4 is 10.6 Å². The molecule has 1 aromatic rings. The summed E-state index contributed by atoms with van der Waals surface area (Å²) >= 11 is 0. The normalized spacial score (nSPS) is 21.0. The first-order chi connectivity index (χ1) is 12.6. The Morgan fingerprint density at radius 1 is 1.36 bits per heavy atom. The Bertz CT molecular complexity index is 628. The van der Waals surface area contributed by atoms with Gasteiger partial charge in [0.05, 0.1) is 19.3 Å². The van der Waals surface area contributed by atoms with E-state index in [1.807, 2.05) is 20.2 Å². The number of aryl methyl sites for hydroxylation is 1. The standard InChI is InChI=1S/C20H38N6O.HI/c1-7-21-18(23-15-20(5,27)17-11-24-25(6)13-17)22-14-19(3,4)26-10-8-9-16(2)12-26;/h11,13,16,27H,7-10,12,14-15H2,1-6H3,(H2,21,22,23);1H. The number of guanidine groups is 1. The van der Waals surface area contributed by atoms with Crippen LogP contribution in [0.1, 0.15) is 53.0 Å². The van der Waals surface area contributed by atoms with Gasteiger partial charge in [-0.1, -0.05) is 6.92 Å². The number of nitrogens with zero attached hydrogens (tertiary/aromatic N) is 4. The van der Waals surface area contributed by atoms with Crippen LogP contribution in [0.25, 0.3) is 0 Å². The third-order valence-corrected chi connectivity index (χ3v) is 5.41. The smallest absolute Gasteiger partial charge is 0.191 e. The first-order valence-corrected chi connectivity index (χ1v) is 10.1. The van der Waals surface area contributed by atoms with E-state index in [-0.39, 0.29) is 29.5 Å². The summed E-state index contributed by atoms with van der Waals surface area (Å²) in [5.41, 5.74) is -0.207. The van der Waals surface area contributed by atoms with E-state index in [0.717, 1.165) is 37.1 Å². The van der Waals surface area contributed by atoms with Crippen LogP contribution in [0.5, 0.6) is 0 Å². The SMILES string of the molecule is CCNC(=NCC(C)(C)N1CCCC(C)C1)NCC(C)(O)c1cnn(C)c1.I. The monoisotopic (exact) mass is 506 g/mol. The average molecular weight is 506 g/mol. The van der Waals surface area contributed by atoms with E-state index in [4.69, 9.17) is 4.99 Å². The van der Waals surface area contributed by atoms with Gasteiger partial charge in [-0.3, -0.25) is 14.6 Å². The Morgan fingerprint density at radius 2 is 2.07 bits per heavy atom. The van der Waals surface area contributed by atoms with Gasteiger partial charge in [0.15, 0.2) is 5.96 Å². The number of hydrogen-bond acceptors (Lipinski definition) is 4. The van der Waals surface area contributed by atoms with Gasteiger partial charge in [-0.2, -0.15) is 5.10 Å². The summed E-state index contributed by atoms with van der Waals surface area (Å²) in [7, 11) is 1.85. The molecule has 2 atom stereocenters. The molecule has 1 fully saturated rings. The van der Waals surface area contributed by atoms with Gasteiger partial charge in [-0.15, -0.1) is 24.0 Å². The van der Waals surface area contributed by atoms with Crippen molar-refractivity contribution in [2.24, 2.45) is 18.0 Å². The first-order valence-electron chi connectivity index (χ1n) is 10.1. The number of aliphatic hydroxyl groups is 1. The maximum Gasteiger partial charge on any atom is 0.191 e. The lowest BCUT2D eigenvalue weighted by atomic mass is 9.94. The topological polar surface area (TPSA) is 77.7 Å². The maximum atomic E-state index is 10.8. The van der Waals surface area contributed by atoms with Crippen molar-refractivity contribution in [3.05, 3.63) is 18.0 Å². The highest BCUT2D eigenvalue weighted by Gasteiger charge is 2.30. The summed E-state index contributed by atoms with van der Waals surface area (Å²) in [6, 6.07) is 0. The third kappa shape index (κ3) is 7.18. The Morgan fingerprint density at radius 3 is 2.64 bits per heavy atom. The van der Waals surface area contributed by atoms with E-state index in [0.29, 0.717) is 13.1 Å². The predicted octanol–water partition coefficient (Wildman–Crippen LogP) is 2.31. The number of aliphatic imine (C=N–C) groups is 1. The first kappa shape index (κ1) is 25.2. The highest BCUT2D eigenvalue weighted by molar-refractivity contribution is 14.0. The number of hydrogen-bond donors (Lipinski definition) is 3. The van der Waals surface area contributed by atoms with Crippen molar-refractivity contribution in [2.75, 3.05) is 32.7 Å². The molecular formula is C20H39IN6O. The van der Waals surface area contributed by atoms with Crippen LogP contribution in [0, 0.1) is 5.92 Å². The van der Waals surface area contributed by atoms with E-state index in [2.05, 4.69) is 41.4 Å². The van der Waals surface area contributed by atoms with Crippen molar-refractivity contribution >= 4 is 29.9 Å². The summed E-state index contributed by atoms with van der Waals surface area (Å²) < 4.78 is 1.70. The van der Waals surface area contributed by atoms with Gasteiger partial charge in [0.1, 0.15) is 5.60 Å². The number of halogens is 1. The average Bonchev–Trinajstić information content (AvgIpc) is 3.05. The number of likely N-dealkylation sites (tertiary alicyclic amines) is 1. The fourth-order valence-corrected chi connectivity index (χ4v) is 3.51. The summed E-state index contributed by atoms with van der Waals surface area (Å²) in [4.78, 5) is 7.36. The van der Waals surface area contributed by atoms with Crippen molar-refractivity contribution in [3.63, 3.8) is 0 Å². The third-order valence-electron chi connectivity index (χ3n) is 5.41. The van der Waals surface area contributed by atoms with Crippen LogP contribution in [0.15, 0.2) is 17.4 Å². The summed E-state index contributed by atoms with van der Waals surface area (Å²) in [5.74, 6) is 1.49. The minimum atomic E-state index is -1.01. The van der Waals surface area contributed by atoms with Crippen LogP contribution in [0.3, 0.4) is 0 Å². The molecular weight excluding hydrogens is 467 g/mol. The highest BCUT2D eigenvalue weighted by Crippen LogP contribution is 2.24. The van der Waals surface area contributed by atoms with Crippen LogP contribution >= 0.6 is 24.0 Å². The lowest BCUT2D eigenvalue weighted by Crippen LogP contribution is -2.51. The van der Waals surface area contributed by atoms with Crippen molar-refractivity contribution in [3.8, 4) is 0 Å². The summed E-state index contributed by atoms with van der Waals surface area (Å²) in [6.07, 6.45) is 6.13. The van der Waals surface area contributed by atoms with Crippen molar-refractivity contribution in [2.45, 2.75) is 58.6 Å². The molecule has 3 N–H and O–H groups in total. The molecule has 0 amide bonds. The minimum absolute atomic E-state index is 0. The molecule has 1 aromatic heterocycles. The second-order valence-electron chi connectivity index (χ2n) is 8.73. The highest BCUT2D eigenvalue weighted by atomic mass is 127. The zero-order valence-corrected chi connectivity index (χ0v) is 20.7. The van der Waals surface area contributed by atoms with E-state index >= 15 is 0 Å². The van der Waals surface area contributed by atoms with E-state index in [1.165, 1.54) is 12.8 Å². The van der Waals surface area contributed by atoms with Gasteiger partial charge in [0.2, 0.25) is 0 Å². The van der Waals surface area contributed by atoms with Crippen molar-refractivity contribution in [1.82, 2.24) is 25.3 Å². The van der Waals surface area contributed by atoms with Crippen molar-refractivity contribution in [1.29, 1.82) is 0 Å². The molecule has 0 bridgehead atoms. The van der Waals surface area contributed by atoms with E-state index < -0.39 is 5.60 Å². The number of rotatable bonds is 7. The zero-order valence-electron chi connectivity index (χ0n) is 18.3. The van der Waals surface area contributed by atoms with E-state index in [9.17, 15) is 5.11 Å². The van der Waals surface area contributed by atoms with Gasteiger partial charge in [0, 0.05) is 37.4 Å². The molecule has 0 radical (unpaired) electrons. The molecule has 0 saturated carbocycles. The van der Waals surface area contributed by atoms with Crippen LogP contribution in [-0.4, -0.2) is 64.0 Å². The molecule has 0 aliphatic carbocycles. The molecule has 2 unspecified atom stereocenters. The van der Waals surface area contributed by atoms with Gasteiger partial charge in [0.25, 0.3) is 0 Å². The summed E-state index contributed by atoms with van der Waals surface area (Å²) in [6.45, 7) is 14.9. The molecule has 2 heterocycles. The Kier molecular flexibility index (Phi) is 9.69. The number of nitrogens with one attached hydrogen (secondary N) is 2. The van der Waals surface area contributed by atoms with Crippen LogP contribution in [0.4, 0.5) is 0 Å². The largest absolute Gasteiger partial charge is 0.383 e. The fourth-order valence-electron chi connectivity index (χ4n) is 3.51. The van der Waals surface area contributed by atoms with Crippen LogP contribution in [-0.2, 0) is 12.6 Å². The minimum Gasteiger partial charge on any atom is -0.383 e. The second-order valence-corrected chi connectivity index (χ2v) is 8.73. The molecule has 162 valence electrons. The molecule has 1 aliphatic heterocycles. The molecule has 1 aliphatic rings. The molecule has 1 saturated heterocycles. The molecule has 0 aromatic carbocycles. The fraction of sp³-hybridized carbons (Fsp3) is 0.800. The van der Waals surface area contributed by atoms with Gasteiger partial charge < -0.3 is 15.7 Å². The summed E-state index contributed by atoms with van der Waals surface area (Å²) in [5, 5.41) is 21.5. The lowest BCUT2D eigenvalue weighted by molar-refractivity contribution is 0.0614. The van der Waals surface area contributed by atoms with Crippen molar-refractivity contribution < 1.29 is 5.11 Å². The predicted molar refractivity (Wildman–Crippen MR) is 126 cm³/mol. The molecule has 2 rings (SSSR count). The molecule has 28 heavy (non-hydrogen) atoms. The van der Waals surface area contributed by atoms with Gasteiger partial charge in [-0.05, 0) is 53.0 Å². The second kappa shape index (κ2) is 10.8. The van der Waals surface area contributed by atoms with Gasteiger partial charge >= 0.3 is 0 Å². The Labute approximate surface area is 187 Å². The quantitative estimate of drug-likeness (QED) is 0.301. The molecule has 8 heteroatoms. The Hall–Kier alpha value is -0.870.